The number of halogens is 2. The second kappa shape index (κ2) is 6.22. The average molecular weight is 312 g/mol. The summed E-state index contributed by atoms with van der Waals surface area (Å²) in [7, 11) is 0. The van der Waals surface area contributed by atoms with E-state index in [-0.39, 0.29) is 5.75 Å². The second-order valence-electron chi connectivity index (χ2n) is 5.65. The quantitative estimate of drug-likeness (QED) is 0.900. The highest BCUT2D eigenvalue weighted by Gasteiger charge is 2.36. The maximum Gasteiger partial charge on any atom is 0.387 e. The number of ether oxygens (including phenoxy) is 1. The lowest BCUT2D eigenvalue weighted by atomic mass is 9.89. The molecule has 1 aromatic rings. The van der Waals surface area contributed by atoms with Crippen LogP contribution in [0.15, 0.2) is 29.3 Å². The highest BCUT2D eigenvalue weighted by Crippen LogP contribution is 2.43. The summed E-state index contributed by atoms with van der Waals surface area (Å²) in [5.74, 6) is 1.28. The average Bonchev–Trinajstić information content (AvgIpc) is 2.92. The number of nitrogens with one attached hydrogen (secondary N) is 1. The number of anilines is 1. The molecule has 1 heterocycles. The third kappa shape index (κ3) is 3.67. The first kappa shape index (κ1) is 14.6. The van der Waals surface area contributed by atoms with Crippen molar-refractivity contribution in [1.29, 1.82) is 0 Å². The van der Waals surface area contributed by atoms with Gasteiger partial charge < -0.3 is 10.1 Å². The molecule has 21 heavy (non-hydrogen) atoms. The van der Waals surface area contributed by atoms with E-state index in [1.165, 1.54) is 37.8 Å². The Morgan fingerprint density at radius 2 is 1.90 bits per heavy atom. The van der Waals surface area contributed by atoms with Crippen LogP contribution in [0.3, 0.4) is 0 Å². The van der Waals surface area contributed by atoms with Gasteiger partial charge in [0.05, 0.1) is 0 Å². The number of benzene rings is 1. The first-order chi connectivity index (χ1) is 10.2. The molecular weight excluding hydrogens is 294 g/mol. The summed E-state index contributed by atoms with van der Waals surface area (Å²) in [4.78, 5) is 4.65. The van der Waals surface area contributed by atoms with Crippen molar-refractivity contribution in [3.63, 3.8) is 0 Å². The molecule has 0 saturated heterocycles. The lowest BCUT2D eigenvalue weighted by Crippen LogP contribution is -2.30. The van der Waals surface area contributed by atoms with Crippen LogP contribution >= 0.6 is 11.8 Å². The summed E-state index contributed by atoms with van der Waals surface area (Å²) in [5.41, 5.74) is 1.26. The van der Waals surface area contributed by atoms with Gasteiger partial charge in [-0.3, -0.25) is 4.99 Å². The van der Waals surface area contributed by atoms with Crippen molar-refractivity contribution in [1.82, 2.24) is 0 Å². The second-order valence-corrected chi connectivity index (χ2v) is 6.61. The summed E-state index contributed by atoms with van der Waals surface area (Å²) in [6.45, 7) is -1.89. The Morgan fingerprint density at radius 1 is 1.19 bits per heavy atom. The van der Waals surface area contributed by atoms with Crippen LogP contribution in [0.4, 0.5) is 14.5 Å². The molecule has 3 rings (SSSR count). The minimum Gasteiger partial charge on any atom is -0.435 e. The zero-order valence-electron chi connectivity index (χ0n) is 11.6. The van der Waals surface area contributed by atoms with Gasteiger partial charge in [0.1, 0.15) is 5.75 Å². The van der Waals surface area contributed by atoms with Crippen molar-refractivity contribution >= 4 is 22.6 Å². The largest absolute Gasteiger partial charge is 0.435 e. The number of rotatable bonds is 3. The minimum absolute atomic E-state index is 0.165. The molecule has 1 saturated carbocycles. The smallest absolute Gasteiger partial charge is 0.387 e. The van der Waals surface area contributed by atoms with Gasteiger partial charge in [0, 0.05) is 18.0 Å². The van der Waals surface area contributed by atoms with Crippen LogP contribution in [0.1, 0.15) is 25.7 Å². The van der Waals surface area contributed by atoms with E-state index < -0.39 is 6.61 Å². The third-order valence-corrected chi connectivity index (χ3v) is 5.33. The lowest BCUT2D eigenvalue weighted by molar-refractivity contribution is -0.0498. The molecule has 1 fully saturated rings. The normalized spacial score (nSPS) is 20.6. The number of hydrogen-bond acceptors (Lipinski definition) is 4. The number of aliphatic imine (C=N–C) groups is 1. The first-order valence-corrected chi connectivity index (χ1v) is 8.13. The molecule has 0 aromatic heterocycles. The molecule has 0 radical (unpaired) electrons. The number of amidine groups is 1. The van der Waals surface area contributed by atoms with Crippen LogP contribution in [0.25, 0.3) is 0 Å². The van der Waals surface area contributed by atoms with Gasteiger partial charge in [-0.15, -0.1) is 0 Å². The summed E-state index contributed by atoms with van der Waals surface area (Å²) in [5, 5.41) is 4.15. The molecule has 1 N–H and O–H groups in total. The SMILES string of the molecule is FC(F)Oc1ccc(NC2=NCC3(CCCC3)CS2)cc1. The molecule has 0 amide bonds. The fourth-order valence-electron chi connectivity index (χ4n) is 2.90. The number of alkyl halides is 2. The molecule has 1 aliphatic heterocycles. The zero-order valence-corrected chi connectivity index (χ0v) is 12.5. The molecule has 1 aliphatic carbocycles. The van der Waals surface area contributed by atoms with Crippen LogP contribution in [-0.4, -0.2) is 24.1 Å². The Bertz CT molecular complexity index is 513. The van der Waals surface area contributed by atoms with Gasteiger partial charge in [-0.25, -0.2) is 0 Å². The molecule has 0 atom stereocenters. The summed E-state index contributed by atoms with van der Waals surface area (Å²) in [6.07, 6.45) is 5.22. The Morgan fingerprint density at radius 3 is 2.48 bits per heavy atom. The van der Waals surface area contributed by atoms with Gasteiger partial charge in [0.25, 0.3) is 0 Å². The number of nitrogens with zero attached hydrogens (tertiary/aromatic N) is 1. The highest BCUT2D eigenvalue weighted by molar-refractivity contribution is 8.14. The molecule has 0 bridgehead atoms. The summed E-state index contributed by atoms with van der Waals surface area (Å²) >= 11 is 1.76. The van der Waals surface area contributed by atoms with E-state index in [1.54, 1.807) is 23.9 Å². The van der Waals surface area contributed by atoms with Gasteiger partial charge in [0.2, 0.25) is 0 Å². The van der Waals surface area contributed by atoms with Crippen molar-refractivity contribution in [3.8, 4) is 5.75 Å². The van der Waals surface area contributed by atoms with Crippen molar-refractivity contribution in [3.05, 3.63) is 24.3 Å². The maximum atomic E-state index is 12.1. The van der Waals surface area contributed by atoms with Gasteiger partial charge in [-0.05, 0) is 42.5 Å². The van der Waals surface area contributed by atoms with Gasteiger partial charge in [0.15, 0.2) is 5.17 Å². The minimum atomic E-state index is -2.79. The lowest BCUT2D eigenvalue weighted by Gasteiger charge is -2.31. The van der Waals surface area contributed by atoms with E-state index in [9.17, 15) is 8.78 Å². The van der Waals surface area contributed by atoms with E-state index in [1.807, 2.05) is 0 Å². The maximum absolute atomic E-state index is 12.1. The summed E-state index contributed by atoms with van der Waals surface area (Å²) < 4.78 is 28.5. The fraction of sp³-hybridized carbons (Fsp3) is 0.533. The van der Waals surface area contributed by atoms with E-state index in [0.717, 1.165) is 23.2 Å². The van der Waals surface area contributed by atoms with Gasteiger partial charge in [-0.1, -0.05) is 24.6 Å². The van der Waals surface area contributed by atoms with Crippen LogP contribution in [0.2, 0.25) is 0 Å². The molecule has 3 nitrogen and oxygen atoms in total. The van der Waals surface area contributed by atoms with E-state index in [2.05, 4.69) is 15.0 Å². The standard InChI is InChI=1S/C15H18F2N2OS/c16-13(17)20-12-5-3-11(4-6-12)19-14-18-9-15(10-21-14)7-1-2-8-15/h3-6,13H,1-2,7-10H2,(H,18,19). The highest BCUT2D eigenvalue weighted by atomic mass is 32.2. The van der Waals surface area contributed by atoms with E-state index >= 15 is 0 Å². The first-order valence-electron chi connectivity index (χ1n) is 7.14. The molecule has 1 aromatic carbocycles. The van der Waals surface area contributed by atoms with Crippen LogP contribution in [0.5, 0.6) is 5.75 Å². The fourth-order valence-corrected chi connectivity index (χ4v) is 4.07. The number of thioether (sulfide) groups is 1. The zero-order chi connectivity index (χ0) is 14.7. The molecule has 1 spiro atoms. The Balaban J connectivity index is 1.58. The van der Waals surface area contributed by atoms with Crippen molar-refractivity contribution in [2.45, 2.75) is 32.3 Å². The molecule has 114 valence electrons. The summed E-state index contributed by atoms with van der Waals surface area (Å²) in [6, 6.07) is 6.50. The third-order valence-electron chi connectivity index (χ3n) is 4.07. The molecule has 0 unspecified atom stereocenters. The van der Waals surface area contributed by atoms with Crippen LogP contribution in [-0.2, 0) is 0 Å². The Kier molecular flexibility index (Phi) is 4.33. The monoisotopic (exact) mass is 312 g/mol. The van der Waals surface area contributed by atoms with Crippen LogP contribution in [0, 0.1) is 5.41 Å². The number of hydrogen-bond donors (Lipinski definition) is 1. The van der Waals surface area contributed by atoms with Crippen LogP contribution < -0.4 is 10.1 Å². The van der Waals surface area contributed by atoms with Crippen molar-refractivity contribution in [2.24, 2.45) is 10.4 Å². The Labute approximate surface area is 127 Å². The topological polar surface area (TPSA) is 33.6 Å². The molecule has 2 aliphatic rings. The molecular formula is C15H18F2N2OS. The van der Waals surface area contributed by atoms with E-state index in [0.29, 0.717) is 5.41 Å². The van der Waals surface area contributed by atoms with Gasteiger partial charge >= 0.3 is 6.61 Å². The van der Waals surface area contributed by atoms with Crippen molar-refractivity contribution < 1.29 is 13.5 Å². The predicted molar refractivity (Wildman–Crippen MR) is 82.4 cm³/mol. The van der Waals surface area contributed by atoms with Crippen molar-refractivity contribution in [2.75, 3.05) is 17.6 Å². The van der Waals surface area contributed by atoms with E-state index in [4.69, 9.17) is 0 Å². The predicted octanol–water partition coefficient (Wildman–Crippen LogP) is 4.36. The Hall–Kier alpha value is -1.30. The van der Waals surface area contributed by atoms with Gasteiger partial charge in [-0.2, -0.15) is 8.78 Å². The molecule has 6 heteroatoms.